The summed E-state index contributed by atoms with van der Waals surface area (Å²) in [4.78, 5) is 17.6. The normalized spacial score (nSPS) is 10.6. The van der Waals surface area contributed by atoms with E-state index in [1.807, 2.05) is 42.5 Å². The second-order valence-corrected chi connectivity index (χ2v) is 8.64. The Labute approximate surface area is 231 Å². The van der Waals surface area contributed by atoms with Crippen LogP contribution in [0.2, 0.25) is 0 Å². The Bertz CT molecular complexity index is 1570. The number of ether oxygens (including phenoxy) is 4. The molecule has 202 valence electrons. The number of carbonyl (C=O) groups is 1. The molecule has 0 aliphatic carbocycles. The Kier molecular flexibility index (Phi) is 7.92. The zero-order valence-electron chi connectivity index (χ0n) is 22.2. The van der Waals surface area contributed by atoms with Gasteiger partial charge in [0.05, 0.1) is 32.6 Å². The van der Waals surface area contributed by atoms with Gasteiger partial charge in [-0.25, -0.2) is 0 Å². The Morgan fingerprint density at radius 3 is 2.17 bits per heavy atom. The van der Waals surface area contributed by atoms with Crippen molar-refractivity contribution in [2.45, 2.75) is 6.61 Å². The minimum atomic E-state index is -0.286. The van der Waals surface area contributed by atoms with Gasteiger partial charge in [-0.15, -0.1) is 0 Å². The Hall–Kier alpha value is -5.31. The summed E-state index contributed by atoms with van der Waals surface area (Å²) < 4.78 is 27.6. The van der Waals surface area contributed by atoms with Gasteiger partial charge in [0.2, 0.25) is 11.6 Å². The van der Waals surface area contributed by atoms with Gasteiger partial charge in [0.25, 0.3) is 11.8 Å². The maximum absolute atomic E-state index is 13.1. The SMILES string of the molecule is COc1cc(-c2noc(-c3ccccc3NC(=O)c3ccc(OCc4ccccc4)cc3)n2)cc(OC)c1OC. The van der Waals surface area contributed by atoms with Crippen molar-refractivity contribution >= 4 is 11.6 Å². The number of benzene rings is 4. The molecule has 0 bridgehead atoms. The van der Waals surface area contributed by atoms with Crippen LogP contribution in [0.15, 0.2) is 95.5 Å². The first-order valence-electron chi connectivity index (χ1n) is 12.4. The van der Waals surface area contributed by atoms with Gasteiger partial charge in [0, 0.05) is 11.1 Å². The van der Waals surface area contributed by atoms with E-state index in [0.717, 1.165) is 5.56 Å². The Balaban J connectivity index is 1.33. The number of nitrogens with one attached hydrogen (secondary N) is 1. The summed E-state index contributed by atoms with van der Waals surface area (Å²) in [6.07, 6.45) is 0. The van der Waals surface area contributed by atoms with Gasteiger partial charge in [-0.3, -0.25) is 4.79 Å². The number of rotatable bonds is 10. The molecule has 9 heteroatoms. The predicted molar refractivity (Wildman–Crippen MR) is 150 cm³/mol. The fraction of sp³-hybridized carbons (Fsp3) is 0.129. The maximum Gasteiger partial charge on any atom is 0.260 e. The van der Waals surface area contributed by atoms with E-state index < -0.39 is 0 Å². The fourth-order valence-electron chi connectivity index (χ4n) is 4.08. The molecule has 0 spiro atoms. The third kappa shape index (κ3) is 5.73. The number of hydrogen-bond donors (Lipinski definition) is 1. The van der Waals surface area contributed by atoms with Crippen LogP contribution in [0.3, 0.4) is 0 Å². The van der Waals surface area contributed by atoms with Crippen LogP contribution in [0.25, 0.3) is 22.8 Å². The molecule has 40 heavy (non-hydrogen) atoms. The van der Waals surface area contributed by atoms with E-state index >= 15 is 0 Å². The van der Waals surface area contributed by atoms with Crippen molar-refractivity contribution in [1.29, 1.82) is 0 Å². The fourth-order valence-corrected chi connectivity index (χ4v) is 4.08. The van der Waals surface area contributed by atoms with Gasteiger partial charge in [-0.2, -0.15) is 4.98 Å². The number of nitrogens with zero attached hydrogens (tertiary/aromatic N) is 2. The molecule has 5 rings (SSSR count). The summed E-state index contributed by atoms with van der Waals surface area (Å²) >= 11 is 0. The summed E-state index contributed by atoms with van der Waals surface area (Å²) in [5.74, 6) is 2.34. The lowest BCUT2D eigenvalue weighted by molar-refractivity contribution is 0.102. The summed E-state index contributed by atoms with van der Waals surface area (Å²) in [6, 6.07) is 27.5. The highest BCUT2D eigenvalue weighted by Gasteiger charge is 2.20. The van der Waals surface area contributed by atoms with Crippen molar-refractivity contribution in [1.82, 2.24) is 10.1 Å². The molecule has 0 saturated heterocycles. The molecule has 0 aliphatic rings. The molecular weight excluding hydrogens is 510 g/mol. The molecule has 0 fully saturated rings. The van der Waals surface area contributed by atoms with Crippen molar-refractivity contribution in [3.05, 3.63) is 102 Å². The number of amides is 1. The maximum atomic E-state index is 13.1. The monoisotopic (exact) mass is 537 g/mol. The molecule has 1 amide bonds. The van der Waals surface area contributed by atoms with Crippen LogP contribution in [0, 0.1) is 0 Å². The average Bonchev–Trinajstić information content (AvgIpc) is 3.50. The molecule has 1 N–H and O–H groups in total. The first-order valence-corrected chi connectivity index (χ1v) is 12.4. The van der Waals surface area contributed by atoms with Crippen molar-refractivity contribution in [3.63, 3.8) is 0 Å². The standard InChI is InChI=1S/C31H27N3O6/c1-36-26-17-22(18-27(37-2)28(26)38-3)29-33-31(40-34-29)24-11-7-8-12-25(24)32-30(35)21-13-15-23(16-14-21)39-19-20-9-5-4-6-10-20/h4-18H,19H2,1-3H3,(H,32,35). The summed E-state index contributed by atoms with van der Waals surface area (Å²) in [5, 5.41) is 7.07. The molecule has 0 atom stereocenters. The third-order valence-electron chi connectivity index (χ3n) is 6.12. The van der Waals surface area contributed by atoms with Crippen molar-refractivity contribution in [3.8, 4) is 45.8 Å². The van der Waals surface area contributed by atoms with Crippen molar-refractivity contribution in [2.75, 3.05) is 26.6 Å². The lowest BCUT2D eigenvalue weighted by atomic mass is 10.1. The highest BCUT2D eigenvalue weighted by molar-refractivity contribution is 6.06. The third-order valence-corrected chi connectivity index (χ3v) is 6.12. The van der Waals surface area contributed by atoms with Gasteiger partial charge in [-0.05, 0) is 54.1 Å². The lowest BCUT2D eigenvalue weighted by Gasteiger charge is -2.12. The average molecular weight is 538 g/mol. The summed E-state index contributed by atoms with van der Waals surface area (Å²) in [5.41, 5.74) is 3.25. The van der Waals surface area contributed by atoms with Crippen LogP contribution in [0.5, 0.6) is 23.0 Å². The van der Waals surface area contributed by atoms with Crippen LogP contribution in [-0.2, 0) is 6.61 Å². The molecular formula is C31H27N3O6. The first kappa shape index (κ1) is 26.3. The molecule has 4 aromatic carbocycles. The molecule has 0 aliphatic heterocycles. The second-order valence-electron chi connectivity index (χ2n) is 8.64. The number of hydrogen-bond acceptors (Lipinski definition) is 8. The molecule has 1 aromatic heterocycles. The smallest absolute Gasteiger partial charge is 0.260 e. The zero-order chi connectivity index (χ0) is 27.9. The van der Waals surface area contributed by atoms with E-state index in [2.05, 4.69) is 15.5 Å². The van der Waals surface area contributed by atoms with Gasteiger partial charge in [0.1, 0.15) is 12.4 Å². The summed E-state index contributed by atoms with van der Waals surface area (Å²) in [7, 11) is 4.60. The summed E-state index contributed by atoms with van der Waals surface area (Å²) in [6.45, 7) is 0.446. The number of methoxy groups -OCH3 is 3. The molecule has 0 saturated carbocycles. The Morgan fingerprint density at radius 1 is 0.825 bits per heavy atom. The molecule has 0 unspecified atom stereocenters. The minimum absolute atomic E-state index is 0.240. The topological polar surface area (TPSA) is 105 Å². The van der Waals surface area contributed by atoms with Crippen LogP contribution in [0.1, 0.15) is 15.9 Å². The van der Waals surface area contributed by atoms with Gasteiger partial charge < -0.3 is 28.8 Å². The predicted octanol–water partition coefficient (Wildman–Crippen LogP) is 6.26. The number of para-hydroxylation sites is 1. The van der Waals surface area contributed by atoms with Crippen molar-refractivity contribution in [2.24, 2.45) is 0 Å². The van der Waals surface area contributed by atoms with E-state index in [9.17, 15) is 4.79 Å². The van der Waals surface area contributed by atoms with Crippen molar-refractivity contribution < 1.29 is 28.3 Å². The van der Waals surface area contributed by atoms with Crippen LogP contribution < -0.4 is 24.3 Å². The second kappa shape index (κ2) is 12.0. The minimum Gasteiger partial charge on any atom is -0.493 e. The van der Waals surface area contributed by atoms with E-state index in [1.54, 1.807) is 48.5 Å². The van der Waals surface area contributed by atoms with Gasteiger partial charge in [-0.1, -0.05) is 47.6 Å². The number of anilines is 1. The number of aromatic nitrogens is 2. The van der Waals surface area contributed by atoms with Crippen LogP contribution >= 0.6 is 0 Å². The zero-order valence-corrected chi connectivity index (χ0v) is 22.2. The first-order chi connectivity index (χ1) is 19.6. The highest BCUT2D eigenvalue weighted by Crippen LogP contribution is 2.41. The number of carbonyl (C=O) groups excluding carboxylic acids is 1. The lowest BCUT2D eigenvalue weighted by Crippen LogP contribution is -2.12. The quantitative estimate of drug-likeness (QED) is 0.223. The molecule has 1 heterocycles. The highest BCUT2D eigenvalue weighted by atomic mass is 16.5. The van der Waals surface area contributed by atoms with E-state index in [4.69, 9.17) is 23.5 Å². The molecule has 0 radical (unpaired) electrons. The van der Waals surface area contributed by atoms with E-state index in [-0.39, 0.29) is 11.8 Å². The van der Waals surface area contributed by atoms with Crippen LogP contribution in [0.4, 0.5) is 5.69 Å². The Morgan fingerprint density at radius 2 is 1.50 bits per heavy atom. The van der Waals surface area contributed by atoms with E-state index in [1.165, 1.54) is 21.3 Å². The molecule has 5 aromatic rings. The van der Waals surface area contributed by atoms with E-state index in [0.29, 0.717) is 57.8 Å². The van der Waals surface area contributed by atoms with Gasteiger partial charge in [0.15, 0.2) is 11.5 Å². The largest absolute Gasteiger partial charge is 0.493 e. The van der Waals surface area contributed by atoms with Gasteiger partial charge >= 0.3 is 0 Å². The van der Waals surface area contributed by atoms with Crippen LogP contribution in [-0.4, -0.2) is 37.4 Å². The molecule has 9 nitrogen and oxygen atoms in total.